The van der Waals surface area contributed by atoms with Crippen LogP contribution >= 0.6 is 0 Å². The van der Waals surface area contributed by atoms with Gasteiger partial charge in [0.05, 0.1) is 83.3 Å². The second kappa shape index (κ2) is 82.1. The highest BCUT2D eigenvalue weighted by atomic mass is 16.6. The summed E-state index contributed by atoms with van der Waals surface area (Å²) in [5.41, 5.74) is 2.76. The van der Waals surface area contributed by atoms with Crippen molar-refractivity contribution in [2.75, 3.05) is 81.3 Å². The van der Waals surface area contributed by atoms with Crippen molar-refractivity contribution in [1.29, 1.82) is 0 Å². The minimum absolute atomic E-state index is 0.00550. The molecule has 0 N–H and O–H groups in total. The highest BCUT2D eigenvalue weighted by Gasteiger charge is 2.31. The molecule has 0 bridgehead atoms. The van der Waals surface area contributed by atoms with Gasteiger partial charge in [-0.05, 0) is 234 Å². The second-order valence-corrected chi connectivity index (χ2v) is 33.2. The van der Waals surface area contributed by atoms with Crippen LogP contribution in [0.5, 0.6) is 5.75 Å². The molecule has 0 aliphatic rings. The Morgan fingerprint density at radius 1 is 0.336 bits per heavy atom. The summed E-state index contributed by atoms with van der Waals surface area (Å²) in [5.74, 6) is -0.697. The molecule has 22 nitrogen and oxygen atoms in total. The number of hydrogen-bond donors (Lipinski definition) is 0. The number of methoxy groups -OCH3 is 4. The van der Waals surface area contributed by atoms with Crippen molar-refractivity contribution in [1.82, 2.24) is 0 Å². The quantitative estimate of drug-likeness (QED) is 0.0132. The van der Waals surface area contributed by atoms with Crippen molar-refractivity contribution >= 4 is 65.9 Å². The number of allylic oxidation sites excluding steroid dienone is 3. The van der Waals surface area contributed by atoms with Gasteiger partial charge in [0.25, 0.3) is 0 Å². The van der Waals surface area contributed by atoms with E-state index in [0.29, 0.717) is 71.8 Å². The van der Waals surface area contributed by atoms with Gasteiger partial charge in [0.2, 0.25) is 0 Å². The van der Waals surface area contributed by atoms with Gasteiger partial charge in [-0.15, -0.1) is 19.7 Å². The Balaban J connectivity index is -0.000000210. The van der Waals surface area contributed by atoms with Crippen molar-refractivity contribution in [3.8, 4) is 5.75 Å². The van der Waals surface area contributed by atoms with Gasteiger partial charge in [-0.3, -0.25) is 43.2 Å². The maximum absolute atomic E-state index is 11.9. The predicted molar refractivity (Wildman–Crippen MR) is 524 cm³/mol. The van der Waals surface area contributed by atoms with Gasteiger partial charge in [-0.25, -0.2) is 0 Å². The molecule has 4 aromatic carbocycles. The molecule has 0 aromatic heterocycles. The maximum Gasteiger partial charge on any atom is 0.314 e. The third-order valence-corrected chi connectivity index (χ3v) is 19.7. The number of hydrogen-bond acceptors (Lipinski definition) is 22. The first-order valence-electron chi connectivity index (χ1n) is 44.8. The Morgan fingerprint density at radius 2 is 0.609 bits per heavy atom. The molecule has 22 heteroatoms. The van der Waals surface area contributed by atoms with Gasteiger partial charge in [0.15, 0.2) is 0 Å². The Hall–Kier alpha value is -9.35. The zero-order valence-electron chi connectivity index (χ0n) is 85.7. The van der Waals surface area contributed by atoms with Crippen LogP contribution in [0.15, 0.2) is 160 Å². The standard InChI is InChI=1S/C17H22O2.2C13H18O2.C11H14O2.C10H20O3.2C9H18O3.C8H16O3.C7H14O2.3C3H6/c1-6-13-9-14(7-2)11-15(10-13)12-19-16(18)17(4,5)8-3;2*1-4-13(2,3)12(14)15-10-11-8-6-5-7-9-11;1-3-9(2)11(12)13-10-7-5-4-6-8-10;1-5-10(3,4)9(11)13-8-7-12-6-2;1-5-9(2,3)8(10)12-7-6-11-4;1-5-7(2)9(10)12-6-8(3)11-4;1-4-7(2)8(9)11-6-5-10-3;1-5-7(2,3)6(8)9-4;3*1-3-2/h6-7,9-11H,1-2,8,12H2,3-5H3;2*5-9H,4,10H2,1-3H3;4-9H,3H2,1-2H3;5-8H2,1-4H3;5-7H2,1-4H3;7-8H,5-6H2,1-4H3;7H,4-6H2,1-3H3;5H2,1-4H3;3*3H,1H2,2H3. The van der Waals surface area contributed by atoms with Crippen LogP contribution < -0.4 is 4.74 Å². The number of rotatable bonds is 40. The van der Waals surface area contributed by atoms with E-state index >= 15 is 0 Å². The minimum atomic E-state index is -0.433. The highest BCUT2D eigenvalue weighted by molar-refractivity contribution is 5.79. The number of para-hydroxylation sites is 1. The number of esters is 9. The zero-order chi connectivity index (χ0) is 101. The van der Waals surface area contributed by atoms with E-state index in [4.69, 9.17) is 56.8 Å². The molecule has 4 atom stereocenters. The van der Waals surface area contributed by atoms with Crippen molar-refractivity contribution in [3.63, 3.8) is 0 Å². The molecule has 0 heterocycles. The van der Waals surface area contributed by atoms with Gasteiger partial charge in [0.1, 0.15) is 52.0 Å². The largest absolute Gasteiger partial charge is 0.469 e. The summed E-state index contributed by atoms with van der Waals surface area (Å²) >= 11 is 0. The fourth-order valence-corrected chi connectivity index (χ4v) is 7.32. The molecule has 0 saturated carbocycles. The van der Waals surface area contributed by atoms with E-state index in [1.165, 1.54) is 7.11 Å². The van der Waals surface area contributed by atoms with Gasteiger partial charge in [0, 0.05) is 27.9 Å². The van der Waals surface area contributed by atoms with Crippen molar-refractivity contribution < 1.29 is 105 Å². The number of ether oxygens (including phenoxy) is 13. The predicted octanol–water partition coefficient (Wildman–Crippen LogP) is 25.0. The Bertz CT molecular complexity index is 3430. The Labute approximate surface area is 776 Å². The molecule has 0 aliphatic heterocycles. The lowest BCUT2D eigenvalue weighted by atomic mass is 9.91. The molecular formula is C106H176O22. The molecule has 4 unspecified atom stereocenters. The van der Waals surface area contributed by atoms with E-state index in [0.717, 1.165) is 85.6 Å². The summed E-state index contributed by atoms with van der Waals surface area (Å²) in [7, 11) is 6.18. The van der Waals surface area contributed by atoms with Crippen LogP contribution in [0.4, 0.5) is 0 Å². The van der Waals surface area contributed by atoms with Gasteiger partial charge in [-0.2, -0.15) is 0 Å². The van der Waals surface area contributed by atoms with E-state index in [2.05, 4.69) is 37.6 Å². The van der Waals surface area contributed by atoms with Crippen LogP contribution in [0.1, 0.15) is 286 Å². The minimum Gasteiger partial charge on any atom is -0.469 e. The molecule has 0 radical (unpaired) electrons. The summed E-state index contributed by atoms with van der Waals surface area (Å²) in [4.78, 5) is 102. The summed E-state index contributed by atoms with van der Waals surface area (Å²) in [6.45, 7) is 77.6. The Kier molecular flexibility index (Phi) is 86.0. The molecule has 0 amide bonds. The third-order valence-electron chi connectivity index (χ3n) is 19.7. The molecule has 0 spiro atoms. The third kappa shape index (κ3) is 72.5. The van der Waals surface area contributed by atoms with Crippen LogP contribution in [-0.2, 0) is 120 Å². The van der Waals surface area contributed by atoms with E-state index in [9.17, 15) is 43.2 Å². The molecule has 128 heavy (non-hydrogen) atoms. The summed E-state index contributed by atoms with van der Waals surface area (Å²) < 4.78 is 64.9. The lowest BCUT2D eigenvalue weighted by Crippen LogP contribution is -2.26. The average molecular weight is 1800 g/mol. The molecular weight excluding hydrogens is 1630 g/mol. The van der Waals surface area contributed by atoms with Gasteiger partial charge >= 0.3 is 53.7 Å². The van der Waals surface area contributed by atoms with Gasteiger partial charge in [-0.1, -0.05) is 205 Å². The summed E-state index contributed by atoms with van der Waals surface area (Å²) in [6.07, 6.45) is 16.0. The average Bonchev–Trinajstić information content (AvgIpc) is 0.849. The fraction of sp³-hybridized carbons (Fsp3) is 0.594. The topological polar surface area (TPSA) is 274 Å². The number of carbonyl (C=O) groups excluding carboxylic acids is 9. The lowest BCUT2D eigenvalue weighted by molar-refractivity contribution is -0.156. The first kappa shape index (κ1) is 134. The zero-order valence-corrected chi connectivity index (χ0v) is 85.7. The summed E-state index contributed by atoms with van der Waals surface area (Å²) in [6, 6.07) is 34.5. The normalized spacial score (nSPS) is 11.3. The summed E-state index contributed by atoms with van der Waals surface area (Å²) in [5, 5.41) is 0. The van der Waals surface area contributed by atoms with Crippen LogP contribution in [0.2, 0.25) is 0 Å². The molecule has 4 aromatic rings. The van der Waals surface area contributed by atoms with E-state index < -0.39 is 5.41 Å². The Morgan fingerprint density at radius 3 is 0.883 bits per heavy atom. The van der Waals surface area contributed by atoms with Crippen LogP contribution in [0.3, 0.4) is 0 Å². The van der Waals surface area contributed by atoms with Crippen LogP contribution in [0.25, 0.3) is 12.2 Å². The lowest BCUT2D eigenvalue weighted by Gasteiger charge is -2.20. The number of carbonyl (C=O) groups is 9. The van der Waals surface area contributed by atoms with Crippen LogP contribution in [-0.4, -0.2) is 141 Å². The van der Waals surface area contributed by atoms with Crippen LogP contribution in [0, 0.1) is 50.2 Å². The SMILES string of the molecule is C=CC.C=CC.C=CC.C=Cc1cc(C=C)cc(COC(=O)C(C)(C)CC)c1.CCC(C)(C)C(=O)OC.CCC(C)(C)C(=O)OCCOC.CCC(C)(C)C(=O)OCc1ccccc1.CCC(C)(C)C(=O)OCc1ccccc1.CCC(C)C(=O)OCC(C)OC.CCC(C)C(=O)OCCOC.CCC(C)C(=O)Oc1ccccc1.CCOCCOC(=O)C(C)(C)CC. The number of benzene rings is 4. The highest BCUT2D eigenvalue weighted by Crippen LogP contribution is 2.27. The molecule has 0 saturated heterocycles. The molecule has 0 aliphatic carbocycles. The van der Waals surface area contributed by atoms with Crippen molar-refractivity contribution in [2.24, 2.45) is 50.2 Å². The fourth-order valence-electron chi connectivity index (χ4n) is 7.32. The molecule has 4 rings (SSSR count). The second-order valence-electron chi connectivity index (χ2n) is 33.2. The smallest absolute Gasteiger partial charge is 0.314 e. The molecule has 732 valence electrons. The first-order valence-corrected chi connectivity index (χ1v) is 44.8. The molecule has 0 fully saturated rings. The van der Waals surface area contributed by atoms with Crippen molar-refractivity contribution in [2.45, 2.75) is 285 Å². The van der Waals surface area contributed by atoms with E-state index in [1.54, 1.807) is 63.8 Å². The van der Waals surface area contributed by atoms with E-state index in [-0.39, 0.29) is 111 Å². The maximum atomic E-state index is 11.9. The van der Waals surface area contributed by atoms with Gasteiger partial charge < -0.3 is 61.6 Å². The first-order chi connectivity index (χ1) is 60.0. The monoisotopic (exact) mass is 1800 g/mol. The van der Waals surface area contributed by atoms with E-state index in [1.807, 2.05) is 298 Å². The van der Waals surface area contributed by atoms with Crippen molar-refractivity contribution in [3.05, 3.63) is 188 Å².